The molecule has 0 unspecified atom stereocenters. The molecule has 2 aliphatic rings. The first-order valence-electron chi connectivity index (χ1n) is 7.66. The van der Waals surface area contributed by atoms with E-state index in [2.05, 4.69) is 0 Å². The number of sulfone groups is 1. The van der Waals surface area contributed by atoms with Crippen LogP contribution < -0.4 is 0 Å². The van der Waals surface area contributed by atoms with E-state index in [-0.39, 0.29) is 0 Å². The summed E-state index contributed by atoms with van der Waals surface area (Å²) < 4.78 is 28.3. The molecule has 4 heteroatoms. The van der Waals surface area contributed by atoms with Crippen LogP contribution in [0, 0.1) is 5.92 Å². The van der Waals surface area contributed by atoms with Crippen LogP contribution in [0.5, 0.6) is 0 Å². The van der Waals surface area contributed by atoms with E-state index < -0.39 is 9.84 Å². The highest BCUT2D eigenvalue weighted by molar-refractivity contribution is 7.91. The van der Waals surface area contributed by atoms with E-state index in [1.807, 2.05) is 6.26 Å². The molecule has 0 spiro atoms. The lowest BCUT2D eigenvalue weighted by Gasteiger charge is -2.21. The van der Waals surface area contributed by atoms with Crippen molar-refractivity contribution in [1.29, 1.82) is 0 Å². The monoisotopic (exact) mass is 286 g/mol. The van der Waals surface area contributed by atoms with Crippen LogP contribution in [-0.4, -0.2) is 26.5 Å². The third-order valence-electron chi connectivity index (χ3n) is 4.29. The van der Waals surface area contributed by atoms with Crippen molar-refractivity contribution in [2.75, 3.05) is 18.1 Å². The summed E-state index contributed by atoms with van der Waals surface area (Å²) in [5.41, 5.74) is 1.47. The first-order valence-corrected chi connectivity index (χ1v) is 9.48. The molecule has 0 atom stereocenters. The Morgan fingerprint density at radius 1 is 1.11 bits per heavy atom. The van der Waals surface area contributed by atoms with Crippen molar-refractivity contribution in [1.82, 2.24) is 0 Å². The Labute approximate surface area is 117 Å². The topological polar surface area (TPSA) is 43.4 Å². The number of rotatable bonds is 5. The van der Waals surface area contributed by atoms with Gasteiger partial charge in [0, 0.05) is 0 Å². The minimum Gasteiger partial charge on any atom is -0.501 e. The number of hydrogen-bond donors (Lipinski definition) is 0. The van der Waals surface area contributed by atoms with E-state index in [1.54, 1.807) is 0 Å². The van der Waals surface area contributed by atoms with Crippen LogP contribution in [0.25, 0.3) is 0 Å². The van der Waals surface area contributed by atoms with Crippen molar-refractivity contribution < 1.29 is 13.2 Å². The largest absolute Gasteiger partial charge is 0.501 e. The van der Waals surface area contributed by atoms with Gasteiger partial charge in [0.05, 0.1) is 24.4 Å². The molecule has 0 aromatic carbocycles. The van der Waals surface area contributed by atoms with Gasteiger partial charge in [0.15, 0.2) is 0 Å². The first-order chi connectivity index (χ1) is 9.16. The number of hydrogen-bond acceptors (Lipinski definition) is 3. The van der Waals surface area contributed by atoms with E-state index in [4.69, 9.17) is 4.74 Å². The highest BCUT2D eigenvalue weighted by atomic mass is 32.2. The SMILES string of the molecule is O=S1(=O)CCC(CCCOC=C2CCCCC2)CC1. The maximum atomic E-state index is 11.3. The predicted molar refractivity (Wildman–Crippen MR) is 77.7 cm³/mol. The Morgan fingerprint density at radius 3 is 2.47 bits per heavy atom. The van der Waals surface area contributed by atoms with E-state index in [9.17, 15) is 8.42 Å². The van der Waals surface area contributed by atoms with Crippen LogP contribution in [0.1, 0.15) is 57.8 Å². The first kappa shape index (κ1) is 14.9. The Kier molecular flexibility index (Phi) is 5.74. The van der Waals surface area contributed by atoms with Gasteiger partial charge in [0.25, 0.3) is 0 Å². The van der Waals surface area contributed by atoms with Crippen LogP contribution in [0.15, 0.2) is 11.8 Å². The molecule has 1 heterocycles. The van der Waals surface area contributed by atoms with E-state index in [1.165, 1.54) is 37.7 Å². The third kappa shape index (κ3) is 5.55. The van der Waals surface area contributed by atoms with Crippen molar-refractivity contribution >= 4 is 9.84 Å². The van der Waals surface area contributed by atoms with E-state index in [0.29, 0.717) is 17.4 Å². The summed E-state index contributed by atoms with van der Waals surface area (Å²) in [6, 6.07) is 0. The molecule has 1 aliphatic carbocycles. The second-order valence-corrected chi connectivity index (χ2v) is 8.25. The van der Waals surface area contributed by atoms with Crippen LogP contribution in [0.3, 0.4) is 0 Å². The van der Waals surface area contributed by atoms with Gasteiger partial charge in [-0.2, -0.15) is 0 Å². The van der Waals surface area contributed by atoms with Crippen molar-refractivity contribution in [2.45, 2.75) is 57.8 Å². The molecule has 0 amide bonds. The minimum atomic E-state index is -2.71. The molecule has 110 valence electrons. The Morgan fingerprint density at radius 2 is 1.79 bits per heavy atom. The van der Waals surface area contributed by atoms with Crippen LogP contribution >= 0.6 is 0 Å². The molecule has 0 aromatic rings. The van der Waals surface area contributed by atoms with Crippen molar-refractivity contribution in [2.24, 2.45) is 5.92 Å². The standard InChI is InChI=1S/C15H26O3S/c16-19(17)11-8-14(9-12-19)7-4-10-18-13-15-5-2-1-3-6-15/h13-14H,1-12H2. The lowest BCUT2D eigenvalue weighted by molar-refractivity contribution is 0.226. The molecule has 19 heavy (non-hydrogen) atoms. The second-order valence-electron chi connectivity index (χ2n) is 5.94. The fraction of sp³-hybridized carbons (Fsp3) is 0.867. The summed E-state index contributed by atoms with van der Waals surface area (Å²) in [5, 5.41) is 0. The highest BCUT2D eigenvalue weighted by Gasteiger charge is 2.22. The number of ether oxygens (including phenoxy) is 1. The summed E-state index contributed by atoms with van der Waals surface area (Å²) in [4.78, 5) is 0. The van der Waals surface area contributed by atoms with Gasteiger partial charge < -0.3 is 4.74 Å². The Hall–Kier alpha value is -0.510. The van der Waals surface area contributed by atoms with Crippen molar-refractivity contribution in [3.05, 3.63) is 11.8 Å². The maximum Gasteiger partial charge on any atom is 0.150 e. The third-order valence-corrected chi connectivity index (χ3v) is 6.01. The Bertz CT molecular complexity index is 376. The lowest BCUT2D eigenvalue weighted by atomic mass is 9.96. The van der Waals surface area contributed by atoms with Gasteiger partial charge in [-0.05, 0) is 62.9 Å². The normalized spacial score (nSPS) is 24.1. The van der Waals surface area contributed by atoms with Gasteiger partial charge in [-0.15, -0.1) is 0 Å². The summed E-state index contributed by atoms with van der Waals surface area (Å²) in [6.07, 6.45) is 12.2. The average molecular weight is 286 g/mol. The second kappa shape index (κ2) is 7.32. The lowest BCUT2D eigenvalue weighted by Crippen LogP contribution is -2.23. The summed E-state index contributed by atoms with van der Waals surface area (Å²) in [5.74, 6) is 1.37. The summed E-state index contributed by atoms with van der Waals surface area (Å²) >= 11 is 0. The molecule has 0 bridgehead atoms. The summed E-state index contributed by atoms with van der Waals surface area (Å²) in [6.45, 7) is 0.784. The highest BCUT2D eigenvalue weighted by Crippen LogP contribution is 2.24. The fourth-order valence-electron chi connectivity index (χ4n) is 2.98. The zero-order chi connectivity index (χ0) is 13.6. The van der Waals surface area contributed by atoms with Crippen LogP contribution in [0.4, 0.5) is 0 Å². The van der Waals surface area contributed by atoms with Gasteiger partial charge in [0.1, 0.15) is 9.84 Å². The van der Waals surface area contributed by atoms with Gasteiger partial charge in [-0.1, -0.05) is 6.42 Å². The molecule has 1 aliphatic heterocycles. The molecule has 2 fully saturated rings. The molecule has 0 N–H and O–H groups in total. The van der Waals surface area contributed by atoms with Crippen molar-refractivity contribution in [3.8, 4) is 0 Å². The van der Waals surface area contributed by atoms with Crippen LogP contribution in [-0.2, 0) is 14.6 Å². The molecular formula is C15H26O3S. The maximum absolute atomic E-state index is 11.3. The smallest absolute Gasteiger partial charge is 0.150 e. The average Bonchev–Trinajstić information content (AvgIpc) is 2.41. The molecular weight excluding hydrogens is 260 g/mol. The van der Waals surface area contributed by atoms with Gasteiger partial charge in [0.2, 0.25) is 0 Å². The van der Waals surface area contributed by atoms with Gasteiger partial charge >= 0.3 is 0 Å². The zero-order valence-electron chi connectivity index (χ0n) is 11.8. The molecule has 3 nitrogen and oxygen atoms in total. The molecule has 2 rings (SSSR count). The minimum absolute atomic E-state index is 0.391. The molecule has 0 radical (unpaired) electrons. The Balaban J connectivity index is 1.55. The molecule has 1 saturated carbocycles. The van der Waals surface area contributed by atoms with E-state index >= 15 is 0 Å². The predicted octanol–water partition coefficient (Wildman–Crippen LogP) is 3.46. The van der Waals surface area contributed by atoms with Gasteiger partial charge in [-0.25, -0.2) is 8.42 Å². The fourth-order valence-corrected chi connectivity index (χ4v) is 4.57. The quantitative estimate of drug-likeness (QED) is 0.574. The molecule has 0 aromatic heterocycles. The molecule has 1 saturated heterocycles. The van der Waals surface area contributed by atoms with E-state index in [0.717, 1.165) is 32.3 Å². The summed E-state index contributed by atoms with van der Waals surface area (Å²) in [7, 11) is -2.71. The zero-order valence-corrected chi connectivity index (χ0v) is 12.6. The number of allylic oxidation sites excluding steroid dienone is 1. The van der Waals surface area contributed by atoms with Gasteiger partial charge in [-0.3, -0.25) is 0 Å². The van der Waals surface area contributed by atoms with Crippen molar-refractivity contribution in [3.63, 3.8) is 0 Å². The van der Waals surface area contributed by atoms with Crippen LogP contribution in [0.2, 0.25) is 0 Å².